The Morgan fingerprint density at radius 1 is 1.12 bits per heavy atom. The van der Waals surface area contributed by atoms with Crippen molar-refractivity contribution in [2.75, 3.05) is 26.8 Å². The Balaban J connectivity index is 2.16. The van der Waals surface area contributed by atoms with Gasteiger partial charge in [-0.05, 0) is 8.94 Å². The minimum Gasteiger partial charge on any atom is -0.317 e. The van der Waals surface area contributed by atoms with Crippen LogP contribution in [0.1, 0.15) is 0 Å². The van der Waals surface area contributed by atoms with E-state index in [2.05, 4.69) is 10.9 Å². The SMILES string of the molecule is C=P1(C)OCN(S(=O)(=O)N2COP(C)(=O)O2)O1. The van der Waals surface area contributed by atoms with Crippen LogP contribution in [0, 0.1) is 0 Å². The average molecular weight is 306 g/mol. The summed E-state index contributed by atoms with van der Waals surface area (Å²) in [7, 11) is -9.86. The molecule has 2 unspecified atom stereocenters. The molecule has 0 radical (unpaired) electrons. The Morgan fingerprint density at radius 2 is 1.65 bits per heavy atom. The molecule has 0 aromatic heterocycles. The highest BCUT2D eigenvalue weighted by Crippen LogP contribution is 2.53. The lowest BCUT2D eigenvalue weighted by Crippen LogP contribution is -2.39. The standard InChI is InChI=1S/C5H12N2O7P2S/c1-15(2)11-4-6(13-15)17(9,10)7-5-12-16(3,8)14-7/h1,4-5H2,2-3H3. The number of hydrogen-bond acceptors (Lipinski definition) is 7. The molecule has 2 rings (SSSR count). The molecule has 2 saturated heterocycles. The average Bonchev–Trinajstić information content (AvgIpc) is 2.69. The van der Waals surface area contributed by atoms with Crippen LogP contribution in [0.25, 0.3) is 0 Å². The molecule has 0 bridgehead atoms. The van der Waals surface area contributed by atoms with Gasteiger partial charge in [-0.2, -0.15) is 13.0 Å². The van der Waals surface area contributed by atoms with Crippen molar-refractivity contribution in [3.63, 3.8) is 0 Å². The third kappa shape index (κ3) is 2.81. The maximum atomic E-state index is 11.9. The zero-order chi connectivity index (χ0) is 12.9. The summed E-state index contributed by atoms with van der Waals surface area (Å²) in [5.41, 5.74) is 0. The molecule has 2 atom stereocenters. The van der Waals surface area contributed by atoms with E-state index in [4.69, 9.17) is 13.7 Å². The van der Waals surface area contributed by atoms with E-state index >= 15 is 0 Å². The van der Waals surface area contributed by atoms with Gasteiger partial charge in [0.05, 0.1) is 0 Å². The monoisotopic (exact) mass is 306 g/mol. The summed E-state index contributed by atoms with van der Waals surface area (Å²) in [6.07, 6.45) is 3.60. The molecule has 2 aliphatic rings. The first-order valence-electron chi connectivity index (χ1n) is 4.40. The number of nitrogens with zero attached hydrogens (tertiary/aromatic N) is 2. The summed E-state index contributed by atoms with van der Waals surface area (Å²) in [6.45, 7) is 1.99. The van der Waals surface area contributed by atoms with Gasteiger partial charge in [0, 0.05) is 13.3 Å². The summed E-state index contributed by atoms with van der Waals surface area (Å²) in [5.74, 6) is 0. The quantitative estimate of drug-likeness (QED) is 0.682. The molecule has 9 nitrogen and oxygen atoms in total. The highest BCUT2D eigenvalue weighted by Gasteiger charge is 2.45. The first-order chi connectivity index (χ1) is 7.62. The van der Waals surface area contributed by atoms with Gasteiger partial charge in [-0.3, -0.25) is 9.09 Å². The summed E-state index contributed by atoms with van der Waals surface area (Å²) in [6, 6.07) is 0. The number of hydrogen-bond donors (Lipinski definition) is 0. The zero-order valence-corrected chi connectivity index (χ0v) is 11.8. The highest BCUT2D eigenvalue weighted by molar-refractivity contribution is 7.87. The third-order valence-electron chi connectivity index (χ3n) is 1.85. The lowest BCUT2D eigenvalue weighted by Gasteiger charge is -2.18. The maximum Gasteiger partial charge on any atom is 0.346 e. The second-order valence-electron chi connectivity index (χ2n) is 3.58. The minimum absolute atomic E-state index is 0.288. The molecule has 0 amide bonds. The van der Waals surface area contributed by atoms with Crippen LogP contribution in [0.5, 0.6) is 0 Å². The Morgan fingerprint density at radius 3 is 2.06 bits per heavy atom. The molecule has 0 saturated carbocycles. The Labute approximate surface area is 98.9 Å². The maximum absolute atomic E-state index is 11.9. The van der Waals surface area contributed by atoms with Crippen molar-refractivity contribution < 1.29 is 31.3 Å². The van der Waals surface area contributed by atoms with E-state index in [1.165, 1.54) is 6.66 Å². The second-order valence-corrected chi connectivity index (χ2v) is 9.70. The van der Waals surface area contributed by atoms with Crippen molar-refractivity contribution in [1.29, 1.82) is 0 Å². The van der Waals surface area contributed by atoms with E-state index in [1.807, 2.05) is 0 Å². The molecule has 0 aliphatic carbocycles. The molecular weight excluding hydrogens is 294 g/mol. The topological polar surface area (TPSA) is 94.6 Å². The normalized spacial score (nSPS) is 41.1. The van der Waals surface area contributed by atoms with Gasteiger partial charge in [-0.1, -0.05) is 6.30 Å². The van der Waals surface area contributed by atoms with Gasteiger partial charge >= 0.3 is 17.8 Å². The first kappa shape index (κ1) is 13.7. The van der Waals surface area contributed by atoms with Crippen molar-refractivity contribution in [3.8, 4) is 0 Å². The van der Waals surface area contributed by atoms with Crippen LogP contribution < -0.4 is 0 Å². The predicted octanol–water partition coefficient (Wildman–Crippen LogP) is 0.406. The van der Waals surface area contributed by atoms with E-state index in [0.717, 1.165) is 0 Å². The van der Waals surface area contributed by atoms with Crippen LogP contribution in [0.2, 0.25) is 0 Å². The van der Waals surface area contributed by atoms with Crippen molar-refractivity contribution in [2.45, 2.75) is 0 Å². The Kier molecular flexibility index (Phi) is 3.32. The summed E-state index contributed by atoms with van der Waals surface area (Å²) < 4.78 is 55.8. The number of rotatable bonds is 2. The van der Waals surface area contributed by atoms with Crippen LogP contribution in [0.3, 0.4) is 0 Å². The van der Waals surface area contributed by atoms with Gasteiger partial charge in [-0.25, -0.2) is 4.62 Å². The van der Waals surface area contributed by atoms with Gasteiger partial charge in [-0.15, -0.1) is 0 Å². The van der Waals surface area contributed by atoms with Gasteiger partial charge < -0.3 is 4.52 Å². The second kappa shape index (κ2) is 4.12. The summed E-state index contributed by atoms with van der Waals surface area (Å²) in [4.78, 5) is 0. The fraction of sp³-hybridized carbons (Fsp3) is 0.800. The van der Waals surface area contributed by atoms with Gasteiger partial charge in [0.2, 0.25) is 0 Å². The smallest absolute Gasteiger partial charge is 0.317 e. The third-order valence-corrected chi connectivity index (χ3v) is 5.74. The van der Waals surface area contributed by atoms with E-state index in [-0.39, 0.29) is 6.73 Å². The van der Waals surface area contributed by atoms with Gasteiger partial charge in [0.15, 0.2) is 0 Å². The van der Waals surface area contributed by atoms with Crippen molar-refractivity contribution >= 4 is 31.4 Å². The fourth-order valence-corrected chi connectivity index (χ4v) is 4.85. The van der Waals surface area contributed by atoms with E-state index < -0.39 is 31.9 Å². The van der Waals surface area contributed by atoms with E-state index in [0.29, 0.717) is 8.94 Å². The van der Waals surface area contributed by atoms with E-state index in [1.54, 1.807) is 6.66 Å². The molecule has 0 aromatic rings. The molecule has 2 fully saturated rings. The Bertz CT molecular complexity index is 478. The molecule has 17 heavy (non-hydrogen) atoms. The van der Waals surface area contributed by atoms with Crippen molar-refractivity contribution in [3.05, 3.63) is 0 Å². The van der Waals surface area contributed by atoms with Crippen molar-refractivity contribution in [1.82, 2.24) is 8.94 Å². The molecule has 0 N–H and O–H groups in total. The van der Waals surface area contributed by atoms with E-state index in [9.17, 15) is 13.0 Å². The minimum atomic E-state index is -4.09. The van der Waals surface area contributed by atoms with Crippen molar-refractivity contribution in [2.24, 2.45) is 0 Å². The molecule has 12 heteroatoms. The molecule has 100 valence electrons. The van der Waals surface area contributed by atoms with Gasteiger partial charge in [0.25, 0.3) is 0 Å². The lowest BCUT2D eigenvalue weighted by molar-refractivity contribution is -0.000736. The van der Waals surface area contributed by atoms with Crippen LogP contribution >= 0.6 is 14.9 Å². The first-order valence-corrected chi connectivity index (χ1v) is 10.0. The van der Waals surface area contributed by atoms with Crippen LogP contribution in [-0.2, 0) is 33.1 Å². The predicted molar refractivity (Wildman–Crippen MR) is 60.2 cm³/mol. The lowest BCUT2D eigenvalue weighted by atomic mass is 11.4. The van der Waals surface area contributed by atoms with Crippen LogP contribution in [0.4, 0.5) is 0 Å². The summed E-state index contributed by atoms with van der Waals surface area (Å²) in [5, 5.41) is 0. The zero-order valence-electron chi connectivity index (χ0n) is 9.18. The largest absolute Gasteiger partial charge is 0.346 e. The number of hydroxylamine groups is 2. The molecule has 0 spiro atoms. The van der Waals surface area contributed by atoms with Gasteiger partial charge in [0.1, 0.15) is 20.8 Å². The molecule has 2 aliphatic heterocycles. The molecular formula is C5H12N2O7P2S. The molecule has 0 aromatic carbocycles. The summed E-state index contributed by atoms with van der Waals surface area (Å²) >= 11 is 0. The van der Waals surface area contributed by atoms with Crippen LogP contribution in [0.15, 0.2) is 0 Å². The Hall–Kier alpha value is 0.240. The molecule has 2 heterocycles. The highest BCUT2D eigenvalue weighted by atomic mass is 32.2. The van der Waals surface area contributed by atoms with Crippen LogP contribution in [-0.4, -0.2) is 50.4 Å². The fourth-order valence-electron chi connectivity index (χ4n) is 1.09.